The van der Waals surface area contributed by atoms with Crippen LogP contribution >= 0.6 is 11.6 Å². The maximum atomic E-state index is 12.5. The standard InChI is InChI=1S/C20H17ClN4O3/c1-12-23-16(20(26)22-10-13-2-4-14(21)5-3-13)9-19(24-12)25-15-6-7-17-18(8-15)28-11-27-17/h2-9H,10-11H2,1H3,(H,22,26)(H,23,24,25). The molecule has 2 aromatic carbocycles. The lowest BCUT2D eigenvalue weighted by atomic mass is 10.2. The summed E-state index contributed by atoms with van der Waals surface area (Å²) >= 11 is 5.88. The molecule has 1 amide bonds. The van der Waals surface area contributed by atoms with Crippen LogP contribution in [0.4, 0.5) is 11.5 Å². The van der Waals surface area contributed by atoms with Crippen LogP contribution < -0.4 is 20.1 Å². The van der Waals surface area contributed by atoms with Gasteiger partial charge in [-0.05, 0) is 36.8 Å². The molecule has 0 bridgehead atoms. The van der Waals surface area contributed by atoms with Gasteiger partial charge in [0.25, 0.3) is 5.91 Å². The number of nitrogens with one attached hydrogen (secondary N) is 2. The summed E-state index contributed by atoms with van der Waals surface area (Å²) in [6.45, 7) is 2.33. The van der Waals surface area contributed by atoms with Gasteiger partial charge in [0, 0.05) is 29.4 Å². The number of carbonyl (C=O) groups excluding carboxylic acids is 1. The Morgan fingerprint density at radius 3 is 2.68 bits per heavy atom. The second-order valence-electron chi connectivity index (χ2n) is 6.19. The molecule has 142 valence electrons. The lowest BCUT2D eigenvalue weighted by Crippen LogP contribution is -2.24. The van der Waals surface area contributed by atoms with E-state index in [1.54, 1.807) is 25.1 Å². The van der Waals surface area contributed by atoms with E-state index < -0.39 is 0 Å². The fourth-order valence-corrected chi connectivity index (χ4v) is 2.87. The second-order valence-corrected chi connectivity index (χ2v) is 6.62. The molecule has 0 saturated heterocycles. The molecule has 0 unspecified atom stereocenters. The summed E-state index contributed by atoms with van der Waals surface area (Å²) in [5.41, 5.74) is 2.00. The molecule has 0 fully saturated rings. The molecule has 0 saturated carbocycles. The van der Waals surface area contributed by atoms with Crippen molar-refractivity contribution in [2.75, 3.05) is 12.1 Å². The van der Waals surface area contributed by atoms with Gasteiger partial charge in [-0.25, -0.2) is 9.97 Å². The molecule has 7 nitrogen and oxygen atoms in total. The summed E-state index contributed by atoms with van der Waals surface area (Å²) in [6, 6.07) is 14.4. The zero-order chi connectivity index (χ0) is 19.5. The van der Waals surface area contributed by atoms with Gasteiger partial charge in [0.1, 0.15) is 17.3 Å². The van der Waals surface area contributed by atoms with E-state index in [-0.39, 0.29) is 18.4 Å². The van der Waals surface area contributed by atoms with E-state index in [2.05, 4.69) is 20.6 Å². The molecule has 8 heteroatoms. The van der Waals surface area contributed by atoms with Crippen LogP contribution in [0.3, 0.4) is 0 Å². The van der Waals surface area contributed by atoms with E-state index in [1.165, 1.54) is 0 Å². The Labute approximate surface area is 166 Å². The number of aryl methyl sites for hydroxylation is 1. The Morgan fingerprint density at radius 2 is 1.86 bits per heavy atom. The Kier molecular flexibility index (Phi) is 4.99. The van der Waals surface area contributed by atoms with E-state index in [0.717, 1.165) is 11.3 Å². The third-order valence-electron chi connectivity index (χ3n) is 4.08. The van der Waals surface area contributed by atoms with Crippen LogP contribution in [0, 0.1) is 6.92 Å². The normalized spacial score (nSPS) is 11.9. The van der Waals surface area contributed by atoms with Crippen molar-refractivity contribution in [2.24, 2.45) is 0 Å². The number of ether oxygens (including phenoxy) is 2. The first-order valence-corrected chi connectivity index (χ1v) is 8.99. The van der Waals surface area contributed by atoms with Gasteiger partial charge in [-0.3, -0.25) is 4.79 Å². The van der Waals surface area contributed by atoms with Crippen molar-refractivity contribution in [3.8, 4) is 11.5 Å². The summed E-state index contributed by atoms with van der Waals surface area (Å²) in [7, 11) is 0. The monoisotopic (exact) mass is 396 g/mol. The fraction of sp³-hybridized carbons (Fsp3) is 0.150. The highest BCUT2D eigenvalue weighted by Gasteiger charge is 2.15. The quantitative estimate of drug-likeness (QED) is 0.681. The number of anilines is 2. The number of nitrogens with zero attached hydrogens (tertiary/aromatic N) is 2. The molecule has 4 rings (SSSR count). The zero-order valence-corrected chi connectivity index (χ0v) is 15.8. The maximum absolute atomic E-state index is 12.5. The number of aromatic nitrogens is 2. The molecular formula is C20H17ClN4O3. The average Bonchev–Trinajstić information content (AvgIpc) is 3.14. The SMILES string of the molecule is Cc1nc(Nc2ccc3c(c2)OCO3)cc(C(=O)NCc2ccc(Cl)cc2)n1. The second kappa shape index (κ2) is 7.74. The molecule has 2 N–H and O–H groups in total. The highest BCUT2D eigenvalue weighted by molar-refractivity contribution is 6.30. The van der Waals surface area contributed by atoms with Crippen LogP contribution in [-0.2, 0) is 6.54 Å². The van der Waals surface area contributed by atoms with Crippen LogP contribution in [0.15, 0.2) is 48.5 Å². The first-order chi connectivity index (χ1) is 13.6. The van der Waals surface area contributed by atoms with Gasteiger partial charge in [0.2, 0.25) is 6.79 Å². The molecule has 3 aromatic rings. The highest BCUT2D eigenvalue weighted by Crippen LogP contribution is 2.34. The predicted octanol–water partition coefficient (Wildman–Crippen LogP) is 3.84. The summed E-state index contributed by atoms with van der Waals surface area (Å²) in [5, 5.41) is 6.67. The molecule has 2 heterocycles. The largest absolute Gasteiger partial charge is 0.454 e. The summed E-state index contributed by atoms with van der Waals surface area (Å²) < 4.78 is 10.7. The number of amides is 1. The maximum Gasteiger partial charge on any atom is 0.270 e. The first kappa shape index (κ1) is 18.1. The number of fused-ring (bicyclic) bond motifs is 1. The summed E-state index contributed by atoms with van der Waals surface area (Å²) in [6.07, 6.45) is 0. The Morgan fingerprint density at radius 1 is 1.07 bits per heavy atom. The number of hydrogen-bond donors (Lipinski definition) is 2. The minimum absolute atomic E-state index is 0.212. The van der Waals surface area contributed by atoms with E-state index in [4.69, 9.17) is 21.1 Å². The van der Waals surface area contributed by atoms with Gasteiger partial charge in [0.15, 0.2) is 11.5 Å². The number of rotatable bonds is 5. The molecule has 0 aliphatic carbocycles. The third kappa shape index (κ3) is 4.15. The minimum atomic E-state index is -0.283. The van der Waals surface area contributed by atoms with Gasteiger partial charge in [-0.2, -0.15) is 0 Å². The zero-order valence-electron chi connectivity index (χ0n) is 15.0. The van der Waals surface area contributed by atoms with Crippen molar-refractivity contribution >= 4 is 29.0 Å². The molecule has 1 aromatic heterocycles. The van der Waals surface area contributed by atoms with E-state index in [1.807, 2.05) is 30.3 Å². The van der Waals surface area contributed by atoms with Crippen LogP contribution in [0.25, 0.3) is 0 Å². The molecule has 0 spiro atoms. The Hall–Kier alpha value is -3.32. The summed E-state index contributed by atoms with van der Waals surface area (Å²) in [4.78, 5) is 21.1. The number of halogens is 1. The minimum Gasteiger partial charge on any atom is -0.454 e. The molecule has 0 atom stereocenters. The van der Waals surface area contributed by atoms with Gasteiger partial charge in [-0.1, -0.05) is 23.7 Å². The Balaban J connectivity index is 1.47. The van der Waals surface area contributed by atoms with Gasteiger partial charge >= 0.3 is 0 Å². The predicted molar refractivity (Wildman–Crippen MR) is 105 cm³/mol. The lowest BCUT2D eigenvalue weighted by molar-refractivity contribution is 0.0945. The van der Waals surface area contributed by atoms with Crippen molar-refractivity contribution in [3.63, 3.8) is 0 Å². The van der Waals surface area contributed by atoms with E-state index in [9.17, 15) is 4.79 Å². The van der Waals surface area contributed by atoms with E-state index >= 15 is 0 Å². The molecule has 1 aliphatic heterocycles. The Bertz CT molecular complexity index is 1020. The van der Waals surface area contributed by atoms with Crippen molar-refractivity contribution in [1.82, 2.24) is 15.3 Å². The van der Waals surface area contributed by atoms with Gasteiger partial charge < -0.3 is 20.1 Å². The highest BCUT2D eigenvalue weighted by atomic mass is 35.5. The molecular weight excluding hydrogens is 380 g/mol. The van der Waals surface area contributed by atoms with Crippen LogP contribution in [0.5, 0.6) is 11.5 Å². The molecule has 0 radical (unpaired) electrons. The van der Waals surface area contributed by atoms with Crippen LogP contribution in [-0.4, -0.2) is 22.7 Å². The number of benzene rings is 2. The average molecular weight is 397 g/mol. The third-order valence-corrected chi connectivity index (χ3v) is 4.33. The smallest absolute Gasteiger partial charge is 0.270 e. The lowest BCUT2D eigenvalue weighted by Gasteiger charge is -2.10. The molecule has 28 heavy (non-hydrogen) atoms. The molecule has 1 aliphatic rings. The van der Waals surface area contributed by atoms with Gasteiger partial charge in [-0.15, -0.1) is 0 Å². The summed E-state index contributed by atoms with van der Waals surface area (Å²) in [5.74, 6) is 2.09. The number of carbonyl (C=O) groups is 1. The van der Waals surface area contributed by atoms with Crippen molar-refractivity contribution in [3.05, 3.63) is 70.6 Å². The van der Waals surface area contributed by atoms with Crippen molar-refractivity contribution < 1.29 is 14.3 Å². The first-order valence-electron chi connectivity index (χ1n) is 8.62. The van der Waals surface area contributed by atoms with Crippen molar-refractivity contribution in [2.45, 2.75) is 13.5 Å². The van der Waals surface area contributed by atoms with Crippen LogP contribution in [0.2, 0.25) is 5.02 Å². The van der Waals surface area contributed by atoms with E-state index in [0.29, 0.717) is 34.7 Å². The topological polar surface area (TPSA) is 85.4 Å². The number of hydrogen-bond acceptors (Lipinski definition) is 6. The fourth-order valence-electron chi connectivity index (χ4n) is 2.75. The van der Waals surface area contributed by atoms with Crippen molar-refractivity contribution in [1.29, 1.82) is 0 Å². The van der Waals surface area contributed by atoms with Crippen LogP contribution in [0.1, 0.15) is 21.9 Å². The van der Waals surface area contributed by atoms with Gasteiger partial charge in [0.05, 0.1) is 0 Å².